The highest BCUT2D eigenvalue weighted by Crippen LogP contribution is 2.38. The van der Waals surface area contributed by atoms with Crippen molar-refractivity contribution < 1.29 is 19.1 Å². The van der Waals surface area contributed by atoms with Crippen molar-refractivity contribution in [2.24, 2.45) is 0 Å². The first-order valence-corrected chi connectivity index (χ1v) is 14.7. The number of para-hydroxylation sites is 1. The first-order chi connectivity index (χ1) is 20.8. The van der Waals surface area contributed by atoms with Gasteiger partial charge in [-0.15, -0.1) is 0 Å². The molecule has 2 aliphatic rings. The van der Waals surface area contributed by atoms with E-state index < -0.39 is 0 Å². The standard InChI is InChI=1S/C34H35ClN4O4/c1-36-15-14-24(20-36)37(2)34(41)31-13-12-25-21-39(30-11-6-5-8-23(30)19-38(25)31)33(40)28-17-29(35)27(18-32(28)43-4)22-9-7-10-26(16-22)42-3/h5-13,16-18,24H,14-15,19-21H2,1-4H3. The average molecular weight is 599 g/mol. The van der Waals surface area contributed by atoms with Gasteiger partial charge in [0.15, 0.2) is 0 Å². The topological polar surface area (TPSA) is 67.2 Å². The van der Waals surface area contributed by atoms with E-state index in [1.54, 1.807) is 31.3 Å². The Morgan fingerprint density at radius 3 is 2.51 bits per heavy atom. The zero-order chi connectivity index (χ0) is 30.2. The molecule has 1 unspecified atom stereocenters. The monoisotopic (exact) mass is 598 g/mol. The van der Waals surface area contributed by atoms with E-state index in [1.807, 2.05) is 77.2 Å². The molecule has 8 nitrogen and oxygen atoms in total. The van der Waals surface area contributed by atoms with E-state index in [9.17, 15) is 9.59 Å². The van der Waals surface area contributed by atoms with Crippen LogP contribution in [0.3, 0.4) is 0 Å². The van der Waals surface area contributed by atoms with Crippen molar-refractivity contribution in [1.82, 2.24) is 14.4 Å². The quantitative estimate of drug-likeness (QED) is 0.280. The van der Waals surface area contributed by atoms with Gasteiger partial charge in [0.1, 0.15) is 17.2 Å². The summed E-state index contributed by atoms with van der Waals surface area (Å²) in [7, 11) is 7.13. The normalized spacial score (nSPS) is 16.3. The van der Waals surface area contributed by atoms with Crippen LogP contribution in [0.1, 0.15) is 38.5 Å². The van der Waals surface area contributed by atoms with E-state index in [2.05, 4.69) is 11.9 Å². The number of likely N-dealkylation sites (tertiary alicyclic amines) is 1. The van der Waals surface area contributed by atoms with E-state index in [0.717, 1.165) is 47.6 Å². The van der Waals surface area contributed by atoms with E-state index in [-0.39, 0.29) is 24.4 Å². The Labute approximate surface area is 257 Å². The first-order valence-electron chi connectivity index (χ1n) is 14.3. The van der Waals surface area contributed by atoms with Crippen LogP contribution in [-0.2, 0) is 13.1 Å². The van der Waals surface area contributed by atoms with E-state index in [0.29, 0.717) is 34.3 Å². The third kappa shape index (κ3) is 5.37. The zero-order valence-electron chi connectivity index (χ0n) is 24.8. The summed E-state index contributed by atoms with van der Waals surface area (Å²) < 4.78 is 13.2. The number of anilines is 1. The average Bonchev–Trinajstić information content (AvgIpc) is 3.60. The van der Waals surface area contributed by atoms with Crippen molar-refractivity contribution in [1.29, 1.82) is 0 Å². The van der Waals surface area contributed by atoms with Crippen molar-refractivity contribution in [2.75, 3.05) is 46.3 Å². The summed E-state index contributed by atoms with van der Waals surface area (Å²) in [6, 6.07) is 22.9. The molecule has 0 N–H and O–H groups in total. The van der Waals surface area contributed by atoms with Gasteiger partial charge in [-0.1, -0.05) is 41.9 Å². The van der Waals surface area contributed by atoms with E-state index in [1.165, 1.54) is 0 Å². The van der Waals surface area contributed by atoms with Crippen LogP contribution in [0.15, 0.2) is 72.8 Å². The summed E-state index contributed by atoms with van der Waals surface area (Å²) in [6.07, 6.45) is 0.957. The van der Waals surface area contributed by atoms with Gasteiger partial charge in [0.2, 0.25) is 0 Å². The smallest absolute Gasteiger partial charge is 0.270 e. The number of carbonyl (C=O) groups excluding carboxylic acids is 2. The molecule has 3 heterocycles. The lowest BCUT2D eigenvalue weighted by atomic mass is 10.0. The number of hydrogen-bond acceptors (Lipinski definition) is 5. The Hall–Kier alpha value is -4.27. The molecule has 4 aromatic rings. The molecule has 43 heavy (non-hydrogen) atoms. The molecular weight excluding hydrogens is 564 g/mol. The molecule has 2 aliphatic heterocycles. The molecule has 6 rings (SSSR count). The number of fused-ring (bicyclic) bond motifs is 2. The number of ether oxygens (including phenoxy) is 2. The number of likely N-dealkylation sites (N-methyl/N-ethyl adjacent to an activating group) is 2. The van der Waals surface area contributed by atoms with Gasteiger partial charge in [0.05, 0.1) is 32.9 Å². The van der Waals surface area contributed by atoms with Gasteiger partial charge in [-0.2, -0.15) is 0 Å². The number of halogens is 1. The van der Waals surface area contributed by atoms with Crippen LogP contribution in [0, 0.1) is 0 Å². The third-order valence-electron chi connectivity index (χ3n) is 8.60. The minimum absolute atomic E-state index is 0.00890. The largest absolute Gasteiger partial charge is 0.497 e. The summed E-state index contributed by atoms with van der Waals surface area (Å²) in [5.41, 5.74) is 5.18. The minimum Gasteiger partial charge on any atom is -0.497 e. The molecule has 0 aliphatic carbocycles. The first kappa shape index (κ1) is 28.8. The fraction of sp³-hybridized carbons (Fsp3) is 0.294. The molecule has 0 spiro atoms. The SMILES string of the molecule is COc1cccc(-c2cc(OC)c(C(=O)N3Cc4ccc(C(=O)N(C)C5CCN(C)C5)n4Cc4ccccc43)cc2Cl)c1. The number of nitrogens with zero attached hydrogens (tertiary/aromatic N) is 4. The highest BCUT2D eigenvalue weighted by molar-refractivity contribution is 6.34. The van der Waals surface area contributed by atoms with Gasteiger partial charge < -0.3 is 28.7 Å². The van der Waals surface area contributed by atoms with E-state index in [4.69, 9.17) is 21.1 Å². The van der Waals surface area contributed by atoms with Gasteiger partial charge in [0.25, 0.3) is 11.8 Å². The van der Waals surface area contributed by atoms with E-state index >= 15 is 0 Å². The predicted molar refractivity (Wildman–Crippen MR) is 168 cm³/mol. The van der Waals surface area contributed by atoms with Crippen LogP contribution >= 0.6 is 11.6 Å². The maximum absolute atomic E-state index is 14.3. The van der Waals surface area contributed by atoms with Crippen LogP contribution in [-0.4, -0.2) is 73.6 Å². The Balaban J connectivity index is 1.36. The molecule has 0 saturated carbocycles. The lowest BCUT2D eigenvalue weighted by Gasteiger charge is -2.25. The van der Waals surface area contributed by atoms with Crippen LogP contribution in [0.4, 0.5) is 5.69 Å². The van der Waals surface area contributed by atoms with Crippen molar-refractivity contribution in [2.45, 2.75) is 25.6 Å². The second kappa shape index (κ2) is 11.8. The minimum atomic E-state index is -0.239. The summed E-state index contributed by atoms with van der Waals surface area (Å²) in [5, 5.41) is 0.428. The second-order valence-corrected chi connectivity index (χ2v) is 11.6. The highest BCUT2D eigenvalue weighted by Gasteiger charge is 2.32. The number of rotatable bonds is 6. The maximum Gasteiger partial charge on any atom is 0.270 e. The Bertz CT molecular complexity index is 1700. The summed E-state index contributed by atoms with van der Waals surface area (Å²) in [5.74, 6) is 0.877. The second-order valence-electron chi connectivity index (χ2n) is 11.2. The summed E-state index contributed by atoms with van der Waals surface area (Å²) >= 11 is 6.80. The molecule has 0 radical (unpaired) electrons. The van der Waals surface area contributed by atoms with Crippen molar-refractivity contribution in [3.63, 3.8) is 0 Å². The van der Waals surface area contributed by atoms with Crippen LogP contribution in [0.25, 0.3) is 11.1 Å². The summed E-state index contributed by atoms with van der Waals surface area (Å²) in [4.78, 5) is 33.9. The van der Waals surface area contributed by atoms with Gasteiger partial charge >= 0.3 is 0 Å². The molecule has 1 saturated heterocycles. The fourth-order valence-electron chi connectivity index (χ4n) is 6.15. The lowest BCUT2D eigenvalue weighted by Crippen LogP contribution is -2.39. The Morgan fingerprint density at radius 1 is 0.953 bits per heavy atom. The van der Waals surface area contributed by atoms with Crippen molar-refractivity contribution >= 4 is 29.1 Å². The number of carbonyl (C=O) groups is 2. The zero-order valence-corrected chi connectivity index (χ0v) is 25.6. The highest BCUT2D eigenvalue weighted by atomic mass is 35.5. The van der Waals surface area contributed by atoms with Crippen LogP contribution in [0.2, 0.25) is 5.02 Å². The van der Waals surface area contributed by atoms with Crippen LogP contribution < -0.4 is 14.4 Å². The predicted octanol–water partition coefficient (Wildman–Crippen LogP) is 5.81. The maximum atomic E-state index is 14.3. The molecular formula is C34H35ClN4O4. The van der Waals surface area contributed by atoms with Crippen molar-refractivity contribution in [3.05, 3.63) is 100 Å². The number of aromatic nitrogens is 1. The van der Waals surface area contributed by atoms with Crippen molar-refractivity contribution in [3.8, 4) is 22.6 Å². The van der Waals surface area contributed by atoms with Gasteiger partial charge in [-0.3, -0.25) is 9.59 Å². The molecule has 3 aromatic carbocycles. The molecule has 1 aromatic heterocycles. The molecule has 1 fully saturated rings. The molecule has 0 bridgehead atoms. The van der Waals surface area contributed by atoms with Crippen LogP contribution in [0.5, 0.6) is 11.5 Å². The Morgan fingerprint density at radius 2 is 1.77 bits per heavy atom. The molecule has 2 amide bonds. The fourth-order valence-corrected chi connectivity index (χ4v) is 6.42. The number of amides is 2. The number of benzene rings is 3. The lowest BCUT2D eigenvalue weighted by molar-refractivity contribution is 0.0726. The third-order valence-corrected chi connectivity index (χ3v) is 8.91. The number of methoxy groups -OCH3 is 2. The van der Waals surface area contributed by atoms with Gasteiger partial charge in [-0.05, 0) is 73.6 Å². The number of hydrogen-bond donors (Lipinski definition) is 0. The molecule has 9 heteroatoms. The Kier molecular flexibility index (Phi) is 7.90. The molecule has 222 valence electrons. The molecule has 1 atom stereocenters. The van der Waals surface area contributed by atoms with Gasteiger partial charge in [-0.25, -0.2) is 0 Å². The summed E-state index contributed by atoms with van der Waals surface area (Å²) in [6.45, 7) is 2.61. The van der Waals surface area contributed by atoms with Gasteiger partial charge in [0, 0.05) is 41.6 Å².